The predicted octanol–water partition coefficient (Wildman–Crippen LogP) is 14.8. The van der Waals surface area contributed by atoms with Crippen molar-refractivity contribution in [3.05, 3.63) is 118 Å². The zero-order valence-electron chi connectivity index (χ0n) is 49.6. The van der Waals surface area contributed by atoms with Gasteiger partial charge in [0.15, 0.2) is 5.78 Å². The molecule has 1 amide bonds. The Morgan fingerprint density at radius 3 is 2.04 bits per heavy atom. The SMILES string of the molecule is CC.CCCC(CCC)CN1CCC(N2CCC(c3ccc(NC(CCC)C(=O)NC)cc3F)CC2)C(F)(F)C1.CNCc1cc(-c2ccnc3c2cc(CN2CCC(c4ccc(C(C)=O)cc4)CC2)n3C)ccc1C.CPI. The van der Waals surface area contributed by atoms with Gasteiger partial charge >= 0.3 is 0 Å². The minimum atomic E-state index is -2.73. The van der Waals surface area contributed by atoms with E-state index in [1.807, 2.05) is 62.0 Å². The number of nitrogens with zero attached hydrogens (tertiary/aromatic N) is 5. The molecule has 5 heterocycles. The quantitative estimate of drug-likeness (QED) is 0.0403. The third kappa shape index (κ3) is 18.5. The average Bonchev–Trinajstić information content (AvgIpc) is 3.83. The Morgan fingerprint density at radius 1 is 0.823 bits per heavy atom. The molecule has 3 atom stereocenters. The molecule has 0 saturated carbocycles. The normalized spacial score (nSPS) is 17.8. The molecule has 0 bridgehead atoms. The van der Waals surface area contributed by atoms with Crippen molar-refractivity contribution in [1.82, 2.24) is 34.9 Å². The van der Waals surface area contributed by atoms with Crippen LogP contribution < -0.4 is 16.0 Å². The molecule has 5 aromatic rings. The van der Waals surface area contributed by atoms with E-state index in [-0.39, 0.29) is 30.0 Å². The molecule has 3 fully saturated rings. The summed E-state index contributed by atoms with van der Waals surface area (Å²) in [6.45, 7) is 22.7. The number of ketones is 1. The second kappa shape index (κ2) is 33.3. The molecule has 3 N–H and O–H groups in total. The maximum atomic E-state index is 15.3. The molecular formula is C64H95F3IN8O2P. The Kier molecular flexibility index (Phi) is 27.7. The smallest absolute Gasteiger partial charge is 0.275 e. The van der Waals surface area contributed by atoms with Crippen LogP contribution in [0.25, 0.3) is 22.2 Å². The zero-order chi connectivity index (χ0) is 57.6. The van der Waals surface area contributed by atoms with Crippen molar-refractivity contribution in [1.29, 1.82) is 0 Å². The van der Waals surface area contributed by atoms with Gasteiger partial charge in [-0.1, -0.05) is 125 Å². The molecule has 3 aromatic carbocycles. The van der Waals surface area contributed by atoms with E-state index in [4.69, 9.17) is 4.98 Å². The highest BCUT2D eigenvalue weighted by atomic mass is 127. The van der Waals surface area contributed by atoms with Crippen LogP contribution in [0, 0.1) is 18.7 Å². The van der Waals surface area contributed by atoms with Gasteiger partial charge in [-0.25, -0.2) is 18.2 Å². The fraction of sp³-hybridized carbons (Fsp3) is 0.578. The number of nitrogens with one attached hydrogen (secondary N) is 3. The molecule has 436 valence electrons. The number of Topliss-reactive ketones (excluding diaryl/α,β-unsaturated/α-hetero) is 1. The fourth-order valence-corrected chi connectivity index (χ4v) is 12.1. The molecule has 10 nitrogen and oxygen atoms in total. The summed E-state index contributed by atoms with van der Waals surface area (Å²) in [4.78, 5) is 34.9. The minimum Gasteiger partial charge on any atom is -0.374 e. The van der Waals surface area contributed by atoms with E-state index in [0.29, 0.717) is 61.9 Å². The van der Waals surface area contributed by atoms with Crippen molar-refractivity contribution in [3.8, 4) is 11.1 Å². The first-order chi connectivity index (χ1) is 38.1. The standard InChI is InChI=1S/C31H36N4O.C30H49F3N4O.C2H6.CH4IP/c1-21-5-6-26(17-27(21)19-32-3)29-11-14-33-31-30(29)18-28(34(31)4)20-35-15-12-25(13-16-35)24-9-7-23(8-10-24)22(2)36;1-5-8-22(9-6-2)20-36-16-15-28(30(32,33)21-36)37-17-13-23(14-18-37)25-12-11-24(19-26(25)31)35-27(10-7-3)29(38)34-4;1-2;1-3-2/h5-11,14,17-18,25,32H,12-13,15-16,19-20H2,1-4H3;11-12,19,22-23,27-28,35H,5-10,13-18,20-21H2,1-4H3,(H,34,38);1-2H3;3H,1H3. The van der Waals surface area contributed by atoms with Gasteiger partial charge in [0.2, 0.25) is 5.91 Å². The number of carbonyl (C=O) groups excluding carboxylic acids is 2. The lowest BCUT2D eigenvalue weighted by molar-refractivity contribution is -0.133. The summed E-state index contributed by atoms with van der Waals surface area (Å²) in [5.74, 6) is -1.93. The molecule has 0 aliphatic carbocycles. The molecule has 3 aliphatic rings. The Labute approximate surface area is 487 Å². The van der Waals surface area contributed by atoms with E-state index in [1.54, 1.807) is 20.0 Å². The van der Waals surface area contributed by atoms with Gasteiger partial charge in [-0.15, -0.1) is 0 Å². The average molecular weight is 1220 g/mol. The van der Waals surface area contributed by atoms with Crippen LogP contribution in [0.15, 0.2) is 79.0 Å². The highest BCUT2D eigenvalue weighted by Crippen LogP contribution is 2.38. The number of hydrogen-bond donors (Lipinski definition) is 3. The number of rotatable bonds is 20. The van der Waals surface area contributed by atoms with Crippen LogP contribution in [-0.4, -0.2) is 121 Å². The Balaban J connectivity index is 0.000000269. The van der Waals surface area contributed by atoms with Crippen LogP contribution in [-0.2, 0) is 24.9 Å². The highest BCUT2D eigenvalue weighted by molar-refractivity contribution is 14.2. The maximum absolute atomic E-state index is 15.3. The predicted molar refractivity (Wildman–Crippen MR) is 336 cm³/mol. The van der Waals surface area contributed by atoms with Gasteiger partial charge < -0.3 is 20.5 Å². The van der Waals surface area contributed by atoms with E-state index < -0.39 is 18.0 Å². The van der Waals surface area contributed by atoms with E-state index in [9.17, 15) is 9.59 Å². The van der Waals surface area contributed by atoms with Gasteiger partial charge in [0.05, 0.1) is 12.6 Å². The topological polar surface area (TPSA) is 97.8 Å². The third-order valence-corrected chi connectivity index (χ3v) is 16.3. The number of likely N-dealkylation sites (tertiary alicyclic amines) is 3. The Bertz CT molecular complexity index is 2630. The van der Waals surface area contributed by atoms with Crippen molar-refractivity contribution in [2.24, 2.45) is 13.0 Å². The second-order valence-electron chi connectivity index (χ2n) is 21.8. The van der Waals surface area contributed by atoms with Gasteiger partial charge in [-0.3, -0.25) is 24.3 Å². The number of benzene rings is 3. The largest absolute Gasteiger partial charge is 0.374 e. The van der Waals surface area contributed by atoms with E-state index in [1.165, 1.54) is 45.0 Å². The van der Waals surface area contributed by atoms with Crippen molar-refractivity contribution in [3.63, 3.8) is 0 Å². The zero-order valence-corrected chi connectivity index (χ0v) is 52.8. The maximum Gasteiger partial charge on any atom is 0.275 e. The minimum absolute atomic E-state index is 0.0169. The Morgan fingerprint density at radius 2 is 1.46 bits per heavy atom. The van der Waals surface area contributed by atoms with E-state index >= 15 is 13.2 Å². The first-order valence-corrected chi connectivity index (χ1v) is 34.1. The monoisotopic (exact) mass is 1220 g/mol. The molecular weight excluding hydrogens is 1130 g/mol. The van der Waals surface area contributed by atoms with Crippen LogP contribution in [0.3, 0.4) is 0 Å². The molecule has 3 unspecified atom stereocenters. The summed E-state index contributed by atoms with van der Waals surface area (Å²) in [6, 6.07) is 23.4. The second-order valence-corrected chi connectivity index (χ2v) is 25.4. The number of piperidine rings is 3. The fourth-order valence-electron chi connectivity index (χ4n) is 12.1. The van der Waals surface area contributed by atoms with Gasteiger partial charge in [0.25, 0.3) is 5.92 Å². The summed E-state index contributed by atoms with van der Waals surface area (Å²) < 4.78 is 48.0. The number of aromatic nitrogens is 2. The number of hydrogen-bond acceptors (Lipinski definition) is 8. The van der Waals surface area contributed by atoms with E-state index in [0.717, 1.165) is 102 Å². The summed E-state index contributed by atoms with van der Waals surface area (Å²) >= 11 is 2.32. The van der Waals surface area contributed by atoms with Crippen molar-refractivity contribution in [2.45, 2.75) is 162 Å². The van der Waals surface area contributed by atoms with Crippen LogP contribution in [0.4, 0.5) is 18.9 Å². The molecule has 3 aliphatic heterocycles. The molecule has 2 aromatic heterocycles. The highest BCUT2D eigenvalue weighted by Gasteiger charge is 2.48. The lowest BCUT2D eigenvalue weighted by atomic mass is 9.86. The molecule has 79 heavy (non-hydrogen) atoms. The van der Waals surface area contributed by atoms with Crippen molar-refractivity contribution in [2.75, 3.05) is 71.9 Å². The molecule has 0 spiro atoms. The van der Waals surface area contributed by atoms with Gasteiger partial charge in [0.1, 0.15) is 17.5 Å². The lowest BCUT2D eigenvalue weighted by Gasteiger charge is -2.46. The third-order valence-electron chi connectivity index (χ3n) is 16.3. The summed E-state index contributed by atoms with van der Waals surface area (Å²) in [7, 11) is 5.73. The van der Waals surface area contributed by atoms with Crippen LogP contribution >= 0.6 is 28.3 Å². The van der Waals surface area contributed by atoms with Crippen molar-refractivity contribution >= 4 is 56.7 Å². The Hall–Kier alpha value is -3.92. The number of alkyl halides is 2. The molecule has 15 heteroatoms. The number of halogens is 4. The van der Waals surface area contributed by atoms with Crippen LogP contribution in [0.1, 0.15) is 162 Å². The van der Waals surface area contributed by atoms with Gasteiger partial charge in [-0.05, 0) is 187 Å². The van der Waals surface area contributed by atoms with E-state index in [2.05, 4.69) is 124 Å². The number of fused-ring (bicyclic) bond motifs is 1. The number of anilines is 1. The molecule has 0 radical (unpaired) electrons. The van der Waals surface area contributed by atoms with Crippen LogP contribution in [0.2, 0.25) is 0 Å². The number of amides is 1. The van der Waals surface area contributed by atoms with Crippen molar-refractivity contribution < 1.29 is 22.8 Å². The summed E-state index contributed by atoms with van der Waals surface area (Å²) in [6.07, 6.45) is 13.0. The molecule has 3 saturated heterocycles. The summed E-state index contributed by atoms with van der Waals surface area (Å²) in [5.41, 5.74) is 10.8. The van der Waals surface area contributed by atoms with Gasteiger partial charge in [-0.2, -0.15) is 0 Å². The lowest BCUT2D eigenvalue weighted by Crippen LogP contribution is -2.60. The number of carbonyl (C=O) groups is 2. The number of aryl methyl sites for hydroxylation is 2. The summed E-state index contributed by atoms with van der Waals surface area (Å²) in [5, 5.41) is 10.3. The first kappa shape index (κ1) is 65.9. The first-order valence-electron chi connectivity index (χ1n) is 29.5. The molecule has 8 rings (SSSR count). The van der Waals surface area contributed by atoms with Gasteiger partial charge in [0, 0.05) is 68.8 Å². The number of pyridine rings is 1. The van der Waals surface area contributed by atoms with Crippen LogP contribution in [0.5, 0.6) is 0 Å². The number of likely N-dealkylation sites (N-methyl/N-ethyl adjacent to an activating group) is 1.